The molecule has 1 aliphatic rings. The molecule has 1 aromatic carbocycles. The predicted molar refractivity (Wildman–Crippen MR) is 64.9 cm³/mol. The monoisotopic (exact) mass is 222 g/mol. The average molecular weight is 222 g/mol. The quantitative estimate of drug-likeness (QED) is 0.825. The minimum absolute atomic E-state index is 0.176. The Morgan fingerprint density at radius 3 is 2.88 bits per heavy atom. The summed E-state index contributed by atoms with van der Waals surface area (Å²) in [5, 5.41) is 3.40. The molecule has 3 heteroatoms. The summed E-state index contributed by atoms with van der Waals surface area (Å²) in [5.41, 5.74) is 7.55. The molecular weight excluding hydrogens is 203 g/mol. The molecule has 0 aromatic heterocycles. The number of nitrogens with two attached hydrogens (primary N) is 1. The van der Waals surface area contributed by atoms with Gasteiger partial charge in [0.25, 0.3) is 0 Å². The molecule has 1 aromatic rings. The van der Waals surface area contributed by atoms with Crippen LogP contribution in [0.1, 0.15) is 24.8 Å². The van der Waals surface area contributed by atoms with E-state index in [0.717, 1.165) is 17.7 Å². The molecule has 2 nitrogen and oxygen atoms in total. The van der Waals surface area contributed by atoms with Gasteiger partial charge in [-0.3, -0.25) is 0 Å². The second-order valence-corrected chi connectivity index (χ2v) is 4.69. The lowest BCUT2D eigenvalue weighted by Gasteiger charge is -2.21. The molecule has 2 atom stereocenters. The lowest BCUT2D eigenvalue weighted by Crippen LogP contribution is -2.29. The van der Waals surface area contributed by atoms with Crippen molar-refractivity contribution in [3.8, 4) is 0 Å². The normalized spacial score (nSPS) is 24.7. The fourth-order valence-electron chi connectivity index (χ4n) is 2.54. The fraction of sp³-hybridized carbons (Fsp3) is 0.538. The number of anilines is 1. The van der Waals surface area contributed by atoms with Crippen molar-refractivity contribution in [2.75, 3.05) is 11.9 Å². The summed E-state index contributed by atoms with van der Waals surface area (Å²) >= 11 is 0. The third-order valence-corrected chi connectivity index (χ3v) is 3.36. The van der Waals surface area contributed by atoms with E-state index in [1.807, 2.05) is 13.0 Å². The third kappa shape index (κ3) is 2.53. The van der Waals surface area contributed by atoms with Gasteiger partial charge < -0.3 is 11.1 Å². The molecular formula is C13H19FN2. The molecule has 0 bridgehead atoms. The first kappa shape index (κ1) is 11.4. The predicted octanol–water partition coefficient (Wildman–Crippen LogP) is 2.67. The Balaban J connectivity index is 2.08. The van der Waals surface area contributed by atoms with Crippen LogP contribution >= 0.6 is 0 Å². The van der Waals surface area contributed by atoms with Gasteiger partial charge in [0.05, 0.1) is 0 Å². The van der Waals surface area contributed by atoms with Gasteiger partial charge in [-0.25, -0.2) is 4.39 Å². The molecule has 1 fully saturated rings. The van der Waals surface area contributed by atoms with Crippen LogP contribution in [0.2, 0.25) is 0 Å². The second kappa shape index (κ2) is 4.83. The number of hydrogen-bond acceptors (Lipinski definition) is 2. The zero-order chi connectivity index (χ0) is 11.5. The number of aryl methyl sites for hydroxylation is 1. The highest BCUT2D eigenvalue weighted by atomic mass is 19.1. The molecule has 16 heavy (non-hydrogen) atoms. The van der Waals surface area contributed by atoms with Gasteiger partial charge in [0.1, 0.15) is 5.82 Å². The van der Waals surface area contributed by atoms with Gasteiger partial charge in [-0.15, -0.1) is 0 Å². The zero-order valence-electron chi connectivity index (χ0n) is 9.67. The molecule has 0 radical (unpaired) electrons. The van der Waals surface area contributed by atoms with E-state index in [0.29, 0.717) is 18.5 Å². The molecule has 2 unspecified atom stereocenters. The Labute approximate surface area is 96.0 Å². The van der Waals surface area contributed by atoms with Gasteiger partial charge >= 0.3 is 0 Å². The molecule has 3 N–H and O–H groups in total. The van der Waals surface area contributed by atoms with Gasteiger partial charge in [-0.2, -0.15) is 0 Å². The van der Waals surface area contributed by atoms with E-state index in [-0.39, 0.29) is 5.82 Å². The molecule has 0 aliphatic heterocycles. The summed E-state index contributed by atoms with van der Waals surface area (Å²) < 4.78 is 13.2. The number of nitrogens with one attached hydrogen (secondary N) is 1. The number of benzene rings is 1. The Hall–Kier alpha value is -1.09. The standard InChI is InChI=1S/C13H19FN2/c1-9-5-11(14)7-12(6-9)16-13-4-2-3-10(13)8-15/h5-7,10,13,16H,2-4,8,15H2,1H3. The molecule has 0 amide bonds. The van der Waals surface area contributed by atoms with Gasteiger partial charge in [-0.1, -0.05) is 6.42 Å². The highest BCUT2D eigenvalue weighted by Crippen LogP contribution is 2.28. The Morgan fingerprint density at radius 1 is 1.38 bits per heavy atom. The minimum Gasteiger partial charge on any atom is -0.382 e. The van der Waals surface area contributed by atoms with E-state index in [4.69, 9.17) is 5.73 Å². The summed E-state index contributed by atoms with van der Waals surface area (Å²) in [4.78, 5) is 0. The van der Waals surface area contributed by atoms with Crippen molar-refractivity contribution in [1.82, 2.24) is 0 Å². The van der Waals surface area contributed by atoms with E-state index in [1.54, 1.807) is 12.1 Å². The van der Waals surface area contributed by atoms with E-state index in [9.17, 15) is 4.39 Å². The van der Waals surface area contributed by atoms with Crippen LogP contribution in [0.4, 0.5) is 10.1 Å². The van der Waals surface area contributed by atoms with Crippen molar-refractivity contribution in [2.45, 2.75) is 32.2 Å². The van der Waals surface area contributed by atoms with Crippen molar-refractivity contribution in [3.63, 3.8) is 0 Å². The van der Waals surface area contributed by atoms with Crippen molar-refractivity contribution in [2.24, 2.45) is 11.7 Å². The largest absolute Gasteiger partial charge is 0.382 e. The number of hydrogen-bond donors (Lipinski definition) is 2. The molecule has 1 saturated carbocycles. The van der Waals surface area contributed by atoms with Crippen LogP contribution in [0, 0.1) is 18.7 Å². The lowest BCUT2D eigenvalue weighted by molar-refractivity contribution is 0.516. The van der Waals surface area contributed by atoms with Crippen molar-refractivity contribution in [3.05, 3.63) is 29.6 Å². The first-order valence-electron chi connectivity index (χ1n) is 5.93. The van der Waals surface area contributed by atoms with Gasteiger partial charge in [0.15, 0.2) is 0 Å². The number of halogens is 1. The van der Waals surface area contributed by atoms with Crippen molar-refractivity contribution >= 4 is 5.69 Å². The highest BCUT2D eigenvalue weighted by molar-refractivity contribution is 5.47. The molecule has 0 heterocycles. The molecule has 0 spiro atoms. The molecule has 0 saturated heterocycles. The summed E-state index contributed by atoms with van der Waals surface area (Å²) in [7, 11) is 0. The maximum atomic E-state index is 13.2. The van der Waals surface area contributed by atoms with Crippen molar-refractivity contribution in [1.29, 1.82) is 0 Å². The average Bonchev–Trinajstić information content (AvgIpc) is 2.63. The Bertz CT molecular complexity index is 345. The van der Waals surface area contributed by atoms with Crippen molar-refractivity contribution < 1.29 is 4.39 Å². The maximum absolute atomic E-state index is 13.2. The molecule has 2 rings (SSSR count). The first-order chi connectivity index (χ1) is 7.69. The molecule has 1 aliphatic carbocycles. The lowest BCUT2D eigenvalue weighted by atomic mass is 10.0. The number of rotatable bonds is 3. The van der Waals surface area contributed by atoms with Crippen LogP contribution < -0.4 is 11.1 Å². The van der Waals surface area contributed by atoms with E-state index in [2.05, 4.69) is 5.32 Å². The Morgan fingerprint density at radius 2 is 2.19 bits per heavy atom. The van der Waals surface area contributed by atoms with Crippen LogP contribution in [-0.2, 0) is 0 Å². The van der Waals surface area contributed by atoms with Crippen LogP contribution in [0.5, 0.6) is 0 Å². The topological polar surface area (TPSA) is 38.0 Å². The van der Waals surface area contributed by atoms with Crippen LogP contribution in [0.3, 0.4) is 0 Å². The molecule has 88 valence electrons. The van der Waals surface area contributed by atoms with Gasteiger partial charge in [-0.05, 0) is 56.0 Å². The maximum Gasteiger partial charge on any atom is 0.125 e. The highest BCUT2D eigenvalue weighted by Gasteiger charge is 2.25. The summed E-state index contributed by atoms with van der Waals surface area (Å²) in [6, 6.07) is 5.49. The van der Waals surface area contributed by atoms with Crippen LogP contribution in [0.25, 0.3) is 0 Å². The van der Waals surface area contributed by atoms with E-state index in [1.165, 1.54) is 12.8 Å². The summed E-state index contributed by atoms with van der Waals surface area (Å²) in [6.07, 6.45) is 3.54. The summed E-state index contributed by atoms with van der Waals surface area (Å²) in [5.74, 6) is 0.355. The van der Waals surface area contributed by atoms with Crippen LogP contribution in [0.15, 0.2) is 18.2 Å². The zero-order valence-corrected chi connectivity index (χ0v) is 9.67. The minimum atomic E-state index is -0.176. The first-order valence-corrected chi connectivity index (χ1v) is 5.93. The smallest absolute Gasteiger partial charge is 0.125 e. The van der Waals surface area contributed by atoms with Crippen LogP contribution in [-0.4, -0.2) is 12.6 Å². The van der Waals surface area contributed by atoms with E-state index >= 15 is 0 Å². The van der Waals surface area contributed by atoms with Gasteiger partial charge in [0.2, 0.25) is 0 Å². The fourth-order valence-corrected chi connectivity index (χ4v) is 2.54. The SMILES string of the molecule is Cc1cc(F)cc(NC2CCCC2CN)c1. The van der Waals surface area contributed by atoms with E-state index < -0.39 is 0 Å². The third-order valence-electron chi connectivity index (χ3n) is 3.36. The Kier molecular flexibility index (Phi) is 3.44. The second-order valence-electron chi connectivity index (χ2n) is 4.69. The van der Waals surface area contributed by atoms with Gasteiger partial charge in [0, 0.05) is 11.7 Å². The summed E-state index contributed by atoms with van der Waals surface area (Å²) in [6.45, 7) is 2.62.